The zero-order chi connectivity index (χ0) is 48.9. The third kappa shape index (κ3) is 7.18. The van der Waals surface area contributed by atoms with Crippen molar-refractivity contribution in [2.75, 3.05) is 0 Å². The molecule has 2 aliphatic carbocycles. The van der Waals surface area contributed by atoms with Gasteiger partial charge in [-0.15, -0.1) is 0 Å². The lowest BCUT2D eigenvalue weighted by Gasteiger charge is -2.31. The van der Waals surface area contributed by atoms with E-state index in [4.69, 9.17) is 8.83 Å². The van der Waals surface area contributed by atoms with E-state index in [1.165, 1.54) is 12.1 Å². The molecule has 0 saturated heterocycles. The first-order chi connectivity index (χ1) is 32.7. The summed E-state index contributed by atoms with van der Waals surface area (Å²) in [7, 11) is 0. The van der Waals surface area contributed by atoms with Crippen molar-refractivity contribution in [3.8, 4) is 22.3 Å². The van der Waals surface area contributed by atoms with E-state index in [2.05, 4.69) is 47.0 Å². The van der Waals surface area contributed by atoms with E-state index in [1.54, 1.807) is 12.1 Å². The van der Waals surface area contributed by atoms with Crippen LogP contribution in [-0.2, 0) is 29.3 Å². The van der Waals surface area contributed by atoms with Gasteiger partial charge in [0, 0.05) is 37.4 Å². The number of nitrogens with one attached hydrogen (secondary N) is 2. The van der Waals surface area contributed by atoms with Crippen molar-refractivity contribution in [3.05, 3.63) is 218 Å². The summed E-state index contributed by atoms with van der Waals surface area (Å²) in [4.78, 5) is 77.3. The number of nitrogens with zero attached hydrogens (tertiary/aromatic N) is 2. The fourth-order valence-electron chi connectivity index (χ4n) is 9.83. The van der Waals surface area contributed by atoms with Gasteiger partial charge in [0.05, 0.1) is 26.0 Å². The number of carbonyl (C=O) groups is 2. The molecule has 0 aliphatic heterocycles. The highest BCUT2D eigenvalue weighted by Crippen LogP contribution is 2.63. The molecular weight excluding hydrogens is 877 g/mol. The monoisotopic (exact) mass is 920 g/mol. The Balaban J connectivity index is 0.990. The summed E-state index contributed by atoms with van der Waals surface area (Å²) in [5.41, 5.74) is 6.31. The highest BCUT2D eigenvalue weighted by atomic mass is 16.6. The number of hydrogen-bond donors (Lipinski definition) is 2. The van der Waals surface area contributed by atoms with Gasteiger partial charge >= 0.3 is 11.4 Å². The summed E-state index contributed by atoms with van der Waals surface area (Å²) in [6.45, 7) is 11.3. The lowest BCUT2D eigenvalue weighted by molar-refractivity contribution is -0.383. The van der Waals surface area contributed by atoms with Gasteiger partial charge in [0.1, 0.15) is 0 Å². The van der Waals surface area contributed by atoms with Crippen molar-refractivity contribution in [1.29, 1.82) is 0 Å². The van der Waals surface area contributed by atoms with Crippen LogP contribution in [0.2, 0.25) is 0 Å². The summed E-state index contributed by atoms with van der Waals surface area (Å²) in [5, 5.41) is 30.1. The number of nitro groups is 2. The normalized spacial score (nSPS) is 13.2. The average Bonchev–Trinajstić information content (AvgIpc) is 3.77. The summed E-state index contributed by atoms with van der Waals surface area (Å²) >= 11 is 0. The molecule has 6 aromatic carbocycles. The number of fused-ring (bicyclic) bond motifs is 12. The standard InChI is InChI=1S/C55H44N4O10/c1-53(2,3)31-21-37-45(60)25-47(68-49(37)43(23-31)58(64)65)51(62)56-27-29-15-17-35-33-11-7-9-13-39(33)55(41(35)19-29)40-14-10-8-12-34(40)36-18-16-30(20-42(36)55)28-57-52(63)48-26-46(61)38-22-32(54(4,5)6)24-44(59(66)67)50(38)69-48/h7-26H,27-28H2,1-6H3,(H,56,62)(H,57,63). The molecule has 2 N–H and O–H groups in total. The summed E-state index contributed by atoms with van der Waals surface area (Å²) in [5.74, 6) is -2.16. The molecule has 14 heteroatoms. The number of carbonyl (C=O) groups excluding carboxylic acids is 2. The van der Waals surface area contributed by atoms with Gasteiger partial charge in [-0.2, -0.15) is 0 Å². The van der Waals surface area contributed by atoms with Gasteiger partial charge in [0.25, 0.3) is 11.8 Å². The van der Waals surface area contributed by atoms with Crippen LogP contribution in [-0.4, -0.2) is 21.7 Å². The molecule has 1 spiro atoms. The maximum absolute atomic E-state index is 13.7. The third-order valence-electron chi connectivity index (χ3n) is 13.3. The minimum atomic E-state index is -0.830. The molecule has 0 bridgehead atoms. The summed E-state index contributed by atoms with van der Waals surface area (Å²) in [6, 6.07) is 36.3. The lowest BCUT2D eigenvalue weighted by atomic mass is 9.70. The van der Waals surface area contributed by atoms with Crippen LogP contribution in [0, 0.1) is 20.2 Å². The molecule has 2 aliphatic rings. The number of nitro benzene ring substituents is 2. The number of benzene rings is 6. The van der Waals surface area contributed by atoms with Crippen LogP contribution < -0.4 is 21.5 Å². The minimum Gasteiger partial charge on any atom is -0.443 e. The predicted octanol–water partition coefficient (Wildman–Crippen LogP) is 10.5. The van der Waals surface area contributed by atoms with Gasteiger partial charge < -0.3 is 19.5 Å². The van der Waals surface area contributed by atoms with E-state index in [1.807, 2.05) is 90.1 Å². The fraction of sp³-hybridized carbons (Fsp3) is 0.200. The molecule has 69 heavy (non-hydrogen) atoms. The molecule has 0 fully saturated rings. The Morgan fingerprint density at radius 1 is 0.522 bits per heavy atom. The van der Waals surface area contributed by atoms with Gasteiger partial charge in [0.15, 0.2) is 22.4 Å². The first-order valence-electron chi connectivity index (χ1n) is 22.3. The van der Waals surface area contributed by atoms with Crippen LogP contribution in [0.1, 0.15) is 107 Å². The summed E-state index contributed by atoms with van der Waals surface area (Å²) < 4.78 is 11.6. The summed E-state index contributed by atoms with van der Waals surface area (Å²) in [6.07, 6.45) is 0. The van der Waals surface area contributed by atoms with Gasteiger partial charge in [0.2, 0.25) is 11.2 Å². The van der Waals surface area contributed by atoms with Gasteiger partial charge in [-0.1, -0.05) is 126 Å². The van der Waals surface area contributed by atoms with E-state index >= 15 is 0 Å². The topological polar surface area (TPSA) is 205 Å². The number of amides is 2. The number of rotatable bonds is 8. The van der Waals surface area contributed by atoms with Crippen molar-refractivity contribution in [3.63, 3.8) is 0 Å². The van der Waals surface area contributed by atoms with Crippen molar-refractivity contribution < 1.29 is 28.3 Å². The van der Waals surface area contributed by atoms with Crippen molar-refractivity contribution in [2.24, 2.45) is 0 Å². The quantitative estimate of drug-likeness (QED) is 0.109. The van der Waals surface area contributed by atoms with E-state index in [-0.39, 0.29) is 46.5 Å². The zero-order valence-corrected chi connectivity index (χ0v) is 38.4. The number of non-ortho nitro benzene ring substituents is 2. The Morgan fingerprint density at radius 2 is 0.899 bits per heavy atom. The van der Waals surface area contributed by atoms with Crippen LogP contribution in [0.15, 0.2) is 140 Å². The van der Waals surface area contributed by atoms with Crippen molar-refractivity contribution >= 4 is 45.1 Å². The molecule has 2 heterocycles. The molecule has 10 rings (SSSR count). The van der Waals surface area contributed by atoms with E-state index in [0.717, 1.165) is 67.8 Å². The molecule has 0 unspecified atom stereocenters. The van der Waals surface area contributed by atoms with Crippen LogP contribution in [0.3, 0.4) is 0 Å². The maximum Gasteiger partial charge on any atom is 0.312 e. The predicted molar refractivity (Wildman–Crippen MR) is 261 cm³/mol. The van der Waals surface area contributed by atoms with E-state index < -0.39 is 60.1 Å². The second-order valence-corrected chi connectivity index (χ2v) is 19.7. The highest BCUT2D eigenvalue weighted by Gasteiger charge is 2.51. The Morgan fingerprint density at radius 3 is 1.28 bits per heavy atom. The average molecular weight is 921 g/mol. The lowest BCUT2D eigenvalue weighted by Crippen LogP contribution is -2.28. The van der Waals surface area contributed by atoms with Gasteiger partial charge in [-0.3, -0.25) is 39.4 Å². The molecule has 0 atom stereocenters. The third-order valence-corrected chi connectivity index (χ3v) is 13.3. The molecule has 2 amide bonds. The van der Waals surface area contributed by atoms with Crippen molar-refractivity contribution in [2.45, 2.75) is 70.9 Å². The van der Waals surface area contributed by atoms with Crippen LogP contribution in [0.5, 0.6) is 0 Å². The van der Waals surface area contributed by atoms with Crippen molar-refractivity contribution in [1.82, 2.24) is 10.6 Å². The molecular formula is C55H44N4O10. The molecule has 0 radical (unpaired) electrons. The number of hydrogen-bond acceptors (Lipinski definition) is 10. The second-order valence-electron chi connectivity index (χ2n) is 19.7. The van der Waals surface area contributed by atoms with Crippen LogP contribution in [0.4, 0.5) is 11.4 Å². The van der Waals surface area contributed by atoms with Gasteiger partial charge in [-0.05, 0) is 89.7 Å². The van der Waals surface area contributed by atoms with E-state index in [9.17, 15) is 39.4 Å². The van der Waals surface area contributed by atoms with E-state index in [0.29, 0.717) is 11.1 Å². The van der Waals surface area contributed by atoms with Crippen LogP contribution >= 0.6 is 0 Å². The first kappa shape index (κ1) is 44.3. The zero-order valence-electron chi connectivity index (χ0n) is 38.4. The Hall–Kier alpha value is -8.52. The van der Waals surface area contributed by atoms with Crippen LogP contribution in [0.25, 0.3) is 44.2 Å². The Bertz CT molecular complexity index is 3460. The largest absolute Gasteiger partial charge is 0.443 e. The first-order valence-corrected chi connectivity index (χ1v) is 22.3. The molecule has 0 saturated carbocycles. The highest BCUT2D eigenvalue weighted by molar-refractivity contribution is 5.97. The molecule has 344 valence electrons. The second kappa shape index (κ2) is 15.8. The Kier molecular flexibility index (Phi) is 10.1. The minimum absolute atomic E-state index is 0.0122. The molecule has 14 nitrogen and oxygen atoms in total. The fourth-order valence-corrected chi connectivity index (χ4v) is 9.83. The maximum atomic E-state index is 13.7. The smallest absolute Gasteiger partial charge is 0.312 e. The van der Waals surface area contributed by atoms with Gasteiger partial charge in [-0.25, -0.2) is 0 Å². The molecule has 2 aromatic heterocycles. The SMILES string of the molecule is CC(C)(C)c1cc([N+](=O)[O-])c2oc(C(=O)NCc3ccc4c(c3)C3(c5ccccc5-4)c4ccccc4-c4ccc(CNC(=O)c5cc(=O)c6cc(C(C)(C)C)cc([N+](=O)[O-])c6o5)cc43)cc(=O)c2c1. The molecule has 8 aromatic rings. The Labute approximate surface area is 393 Å².